The fourth-order valence-corrected chi connectivity index (χ4v) is 0.276. The highest BCUT2D eigenvalue weighted by molar-refractivity contribution is 5.72. The second-order valence-corrected chi connectivity index (χ2v) is 1.39. The summed E-state index contributed by atoms with van der Waals surface area (Å²) in [4.78, 5) is 19.5. The molecule has 0 aromatic rings. The number of aliphatic carboxylic acids is 2. The Hall–Kier alpha value is -1.61. The number of hydrogen-bond acceptors (Lipinski definition) is 4. The molecule has 6 heteroatoms. The highest BCUT2D eigenvalue weighted by Crippen LogP contribution is 1.61. The van der Waals surface area contributed by atoms with Crippen molar-refractivity contribution in [3.8, 4) is 6.57 Å². The molecular weight excluding hydrogens is 152 g/mol. The molecule has 0 unspecified atom stereocenters. The Morgan fingerprint density at radius 2 is 1.45 bits per heavy atom. The Kier molecular flexibility index (Phi) is 9.23. The maximum atomic E-state index is 9.73. The van der Waals surface area contributed by atoms with Crippen LogP contribution in [0.15, 0.2) is 0 Å². The number of carbonyl (C=O) groups is 2. The van der Waals surface area contributed by atoms with E-state index in [4.69, 9.17) is 15.5 Å². The van der Waals surface area contributed by atoms with E-state index in [0.29, 0.717) is 0 Å². The van der Waals surface area contributed by atoms with Gasteiger partial charge in [0, 0.05) is 6.57 Å². The number of nitrogens with zero attached hydrogens (tertiary/aromatic N) is 1. The molecule has 0 aliphatic carbocycles. The third-order valence-corrected chi connectivity index (χ3v) is 0.552. The van der Waals surface area contributed by atoms with Crippen molar-refractivity contribution in [3.63, 3.8) is 0 Å². The molecule has 0 bridgehead atoms. The lowest BCUT2D eigenvalue weighted by Gasteiger charge is -1.93. The average Bonchev–Trinajstić information content (AvgIpc) is 1.90. The molecule has 0 fully saturated rings. The third kappa shape index (κ3) is 17.8. The van der Waals surface area contributed by atoms with Crippen LogP contribution in [-0.4, -0.2) is 35.2 Å². The van der Waals surface area contributed by atoms with Crippen molar-refractivity contribution in [2.24, 2.45) is 0 Å². The summed E-state index contributed by atoms with van der Waals surface area (Å²) < 4.78 is 0. The van der Waals surface area contributed by atoms with E-state index < -0.39 is 11.9 Å². The lowest BCUT2D eigenvalue weighted by molar-refractivity contribution is -0.137. The molecule has 62 valence electrons. The van der Waals surface area contributed by atoms with E-state index in [1.807, 2.05) is 0 Å². The molecule has 0 aliphatic heterocycles. The van der Waals surface area contributed by atoms with Gasteiger partial charge in [0.15, 0.2) is 0 Å². The van der Waals surface area contributed by atoms with Crippen molar-refractivity contribution in [2.45, 2.75) is 0 Å². The van der Waals surface area contributed by atoms with Gasteiger partial charge < -0.3 is 10.2 Å². The Labute approximate surface area is 63.1 Å². The molecule has 0 aromatic carbocycles. The number of carboxylic acids is 2. The fraction of sp³-hybridized carbons (Fsp3) is 0.400. The number of hydrogen-bond donors (Lipinski definition) is 3. The Morgan fingerprint density at radius 1 is 1.18 bits per heavy atom. The number of nitrogens with one attached hydrogen (secondary N) is 1. The van der Waals surface area contributed by atoms with Crippen LogP contribution >= 0.6 is 0 Å². The quantitative estimate of drug-likeness (QED) is 0.480. The average molecular weight is 160 g/mol. The van der Waals surface area contributed by atoms with Crippen LogP contribution in [-0.2, 0) is 9.59 Å². The Morgan fingerprint density at radius 3 is 1.64 bits per heavy atom. The van der Waals surface area contributed by atoms with E-state index in [-0.39, 0.29) is 13.1 Å². The van der Waals surface area contributed by atoms with Gasteiger partial charge in [-0.05, 0) is 0 Å². The van der Waals surface area contributed by atoms with Gasteiger partial charge in [-0.2, -0.15) is 0 Å². The van der Waals surface area contributed by atoms with Gasteiger partial charge in [0.2, 0.25) is 0 Å². The number of rotatable bonds is 4. The summed E-state index contributed by atoms with van der Waals surface area (Å²) in [6.45, 7) is 2.87. The second-order valence-electron chi connectivity index (χ2n) is 1.39. The topological polar surface area (TPSA) is 110 Å². The smallest absolute Gasteiger partial charge is 0.317 e. The molecule has 0 aromatic heterocycles. The maximum Gasteiger partial charge on any atom is 0.317 e. The van der Waals surface area contributed by atoms with Gasteiger partial charge in [0.05, 0.1) is 13.1 Å². The minimum absolute atomic E-state index is 0.313. The van der Waals surface area contributed by atoms with E-state index in [1.54, 1.807) is 0 Å². The Balaban J connectivity index is 0. The monoisotopic (exact) mass is 160 g/mol. The first-order valence-corrected chi connectivity index (χ1v) is 2.53. The molecule has 11 heavy (non-hydrogen) atoms. The molecule has 6 nitrogen and oxygen atoms in total. The van der Waals surface area contributed by atoms with Crippen LogP contribution in [0.25, 0.3) is 0 Å². The maximum absolute atomic E-state index is 9.73. The lowest BCUT2D eigenvalue weighted by atomic mass is 10.6. The van der Waals surface area contributed by atoms with E-state index in [0.717, 1.165) is 0 Å². The summed E-state index contributed by atoms with van der Waals surface area (Å²) in [5.74, 6) is -2.12. The van der Waals surface area contributed by atoms with Gasteiger partial charge in [-0.3, -0.25) is 14.9 Å². The van der Waals surface area contributed by atoms with Gasteiger partial charge >= 0.3 is 11.9 Å². The van der Waals surface area contributed by atoms with Crippen LogP contribution in [0.4, 0.5) is 0 Å². The van der Waals surface area contributed by atoms with Crippen molar-refractivity contribution in [2.75, 3.05) is 13.1 Å². The largest absolute Gasteiger partial charge is 0.480 e. The SMILES string of the molecule is C#N.O=C(O)CNCC(=O)O. The lowest BCUT2D eigenvalue weighted by Crippen LogP contribution is -2.27. The predicted octanol–water partition coefficient (Wildman–Crippen LogP) is -1.12. The first kappa shape index (κ1) is 12.1. The summed E-state index contributed by atoms with van der Waals surface area (Å²) in [5, 5.41) is 24.6. The zero-order chi connectivity index (χ0) is 9.28. The van der Waals surface area contributed by atoms with Crippen LogP contribution in [0.1, 0.15) is 0 Å². The van der Waals surface area contributed by atoms with E-state index in [2.05, 4.69) is 11.9 Å². The highest BCUT2D eigenvalue weighted by Gasteiger charge is 1.97. The normalized spacial score (nSPS) is 7.45. The van der Waals surface area contributed by atoms with Crippen LogP contribution in [0.5, 0.6) is 0 Å². The fourth-order valence-electron chi connectivity index (χ4n) is 0.276. The van der Waals surface area contributed by atoms with Crippen LogP contribution in [0, 0.1) is 11.8 Å². The summed E-state index contributed by atoms with van der Waals surface area (Å²) in [6.07, 6.45) is 0. The van der Waals surface area contributed by atoms with Crippen LogP contribution in [0.2, 0.25) is 0 Å². The van der Waals surface area contributed by atoms with Gasteiger partial charge in [-0.25, -0.2) is 5.26 Å². The van der Waals surface area contributed by atoms with Crippen molar-refractivity contribution in [3.05, 3.63) is 0 Å². The molecule has 0 aliphatic rings. The molecule has 0 rings (SSSR count). The van der Waals surface area contributed by atoms with Crippen molar-refractivity contribution >= 4 is 11.9 Å². The molecule has 0 radical (unpaired) electrons. The van der Waals surface area contributed by atoms with E-state index in [1.165, 1.54) is 0 Å². The zero-order valence-electron chi connectivity index (χ0n) is 5.65. The minimum Gasteiger partial charge on any atom is -0.480 e. The molecule has 0 amide bonds. The van der Waals surface area contributed by atoms with E-state index >= 15 is 0 Å². The molecule has 0 heterocycles. The Bertz CT molecular complexity index is 140. The molecule has 3 N–H and O–H groups in total. The van der Waals surface area contributed by atoms with Crippen LogP contribution < -0.4 is 5.32 Å². The first-order valence-electron chi connectivity index (χ1n) is 2.53. The summed E-state index contributed by atoms with van der Waals surface area (Å²) >= 11 is 0. The van der Waals surface area contributed by atoms with Crippen LogP contribution in [0.3, 0.4) is 0 Å². The van der Waals surface area contributed by atoms with Gasteiger partial charge in [0.1, 0.15) is 0 Å². The molecule has 0 saturated heterocycles. The number of carboxylic acid groups (broad SMARTS) is 2. The first-order chi connectivity index (χ1) is 5.13. The minimum atomic E-state index is -1.06. The number of nitriles is 1. The highest BCUT2D eigenvalue weighted by atomic mass is 16.4. The predicted molar refractivity (Wildman–Crippen MR) is 34.8 cm³/mol. The van der Waals surface area contributed by atoms with E-state index in [9.17, 15) is 9.59 Å². The summed E-state index contributed by atoms with van der Waals surface area (Å²) in [5.41, 5.74) is 0. The molecule has 0 saturated carbocycles. The zero-order valence-corrected chi connectivity index (χ0v) is 5.65. The van der Waals surface area contributed by atoms with Crippen molar-refractivity contribution in [1.82, 2.24) is 5.32 Å². The van der Waals surface area contributed by atoms with Crippen molar-refractivity contribution < 1.29 is 19.8 Å². The van der Waals surface area contributed by atoms with Gasteiger partial charge in [0.25, 0.3) is 0 Å². The van der Waals surface area contributed by atoms with Gasteiger partial charge in [-0.15, -0.1) is 0 Å². The molecule has 0 spiro atoms. The third-order valence-electron chi connectivity index (χ3n) is 0.552. The van der Waals surface area contributed by atoms with Gasteiger partial charge in [-0.1, -0.05) is 0 Å². The standard InChI is InChI=1S/C4H7NO4.CHN/c6-3(7)1-5-2-4(8)9;1-2/h5H,1-2H2,(H,6,7)(H,8,9);1H. The summed E-state index contributed by atoms with van der Waals surface area (Å²) in [6, 6.07) is 0. The second kappa shape index (κ2) is 8.39. The molecule has 0 atom stereocenters. The molecular formula is C5H8N2O4. The summed E-state index contributed by atoms with van der Waals surface area (Å²) in [7, 11) is 0. The van der Waals surface area contributed by atoms with Crippen molar-refractivity contribution in [1.29, 1.82) is 5.26 Å².